The average Bonchev–Trinajstić information content (AvgIpc) is 2.47. The van der Waals surface area contributed by atoms with Crippen molar-refractivity contribution < 1.29 is 8.42 Å². The maximum absolute atomic E-state index is 11.7. The summed E-state index contributed by atoms with van der Waals surface area (Å²) in [6.45, 7) is 3.65. The fourth-order valence-corrected chi connectivity index (χ4v) is 5.06. The smallest absolute Gasteiger partial charge is 0.211 e. The van der Waals surface area contributed by atoms with E-state index in [0.29, 0.717) is 24.9 Å². The summed E-state index contributed by atoms with van der Waals surface area (Å²) in [5.74, 6) is 2.01. The van der Waals surface area contributed by atoms with Gasteiger partial charge in [-0.25, -0.2) is 12.7 Å². The van der Waals surface area contributed by atoms with Crippen LogP contribution in [0.1, 0.15) is 58.3 Å². The zero-order valence-corrected chi connectivity index (χ0v) is 14.4. The van der Waals surface area contributed by atoms with Gasteiger partial charge in [0.1, 0.15) is 0 Å². The highest BCUT2D eigenvalue weighted by Gasteiger charge is 2.30. The van der Waals surface area contributed by atoms with E-state index in [9.17, 15) is 8.42 Å². The van der Waals surface area contributed by atoms with E-state index in [2.05, 4.69) is 6.92 Å². The van der Waals surface area contributed by atoms with Crippen LogP contribution in [-0.4, -0.2) is 38.1 Å². The van der Waals surface area contributed by atoms with E-state index >= 15 is 0 Å². The van der Waals surface area contributed by atoms with Crippen LogP contribution in [0.4, 0.5) is 0 Å². The summed E-state index contributed by atoms with van der Waals surface area (Å²) in [6, 6.07) is 0.257. The molecule has 2 unspecified atom stereocenters. The highest BCUT2D eigenvalue weighted by Crippen LogP contribution is 2.34. The van der Waals surface area contributed by atoms with Gasteiger partial charge in [0, 0.05) is 19.1 Å². The number of nitrogens with zero attached hydrogens (tertiary/aromatic N) is 1. The van der Waals surface area contributed by atoms with Crippen molar-refractivity contribution in [2.24, 2.45) is 23.5 Å². The molecule has 0 amide bonds. The van der Waals surface area contributed by atoms with Gasteiger partial charge in [0.05, 0.1) is 6.26 Å². The molecule has 2 fully saturated rings. The van der Waals surface area contributed by atoms with E-state index in [1.54, 1.807) is 4.31 Å². The molecule has 0 aromatic carbocycles. The lowest BCUT2D eigenvalue weighted by Gasteiger charge is -2.36. The van der Waals surface area contributed by atoms with E-state index in [1.807, 2.05) is 0 Å². The Bertz CT molecular complexity index is 416. The average molecular weight is 317 g/mol. The molecule has 0 bridgehead atoms. The molecule has 1 heterocycles. The van der Waals surface area contributed by atoms with E-state index in [1.165, 1.54) is 38.4 Å². The Kier molecular flexibility index (Phi) is 6.09. The SMILES string of the molecule is CCC1CCC(C(N)CC2CCCN(S(C)(=O)=O)C2)CC1. The molecule has 2 N–H and O–H groups in total. The number of rotatable bonds is 5. The van der Waals surface area contributed by atoms with Crippen molar-refractivity contribution in [2.75, 3.05) is 19.3 Å². The van der Waals surface area contributed by atoms with Gasteiger partial charge < -0.3 is 5.73 Å². The molecule has 1 aliphatic heterocycles. The van der Waals surface area contributed by atoms with Gasteiger partial charge in [-0.3, -0.25) is 0 Å². The second kappa shape index (κ2) is 7.42. The van der Waals surface area contributed by atoms with E-state index in [0.717, 1.165) is 25.2 Å². The zero-order chi connectivity index (χ0) is 15.5. The standard InChI is InChI=1S/C16H32N2O2S/c1-3-13-6-8-15(9-7-13)16(17)11-14-5-4-10-18(12-14)21(2,19)20/h13-16H,3-12,17H2,1-2H3. The van der Waals surface area contributed by atoms with Crippen LogP contribution in [0.15, 0.2) is 0 Å². The van der Waals surface area contributed by atoms with Crippen molar-refractivity contribution in [3.8, 4) is 0 Å². The van der Waals surface area contributed by atoms with E-state index < -0.39 is 10.0 Å². The Morgan fingerprint density at radius 2 is 1.81 bits per heavy atom. The normalized spacial score (nSPS) is 33.8. The van der Waals surface area contributed by atoms with Crippen LogP contribution >= 0.6 is 0 Å². The maximum atomic E-state index is 11.7. The first kappa shape index (κ1) is 17.2. The summed E-state index contributed by atoms with van der Waals surface area (Å²) in [4.78, 5) is 0. The zero-order valence-electron chi connectivity index (χ0n) is 13.6. The Labute approximate surface area is 130 Å². The number of hydrogen-bond acceptors (Lipinski definition) is 3. The summed E-state index contributed by atoms with van der Waals surface area (Å²) in [5, 5.41) is 0. The van der Waals surface area contributed by atoms with Gasteiger partial charge in [0.15, 0.2) is 0 Å². The largest absolute Gasteiger partial charge is 0.327 e. The summed E-state index contributed by atoms with van der Waals surface area (Å²) in [7, 11) is -3.04. The molecule has 0 aromatic rings. The molecule has 1 saturated heterocycles. The number of nitrogens with two attached hydrogens (primary N) is 1. The van der Waals surface area contributed by atoms with Gasteiger partial charge in [-0.05, 0) is 49.9 Å². The van der Waals surface area contributed by atoms with Crippen LogP contribution < -0.4 is 5.73 Å². The van der Waals surface area contributed by atoms with Gasteiger partial charge in [-0.15, -0.1) is 0 Å². The lowest BCUT2D eigenvalue weighted by atomic mass is 9.75. The molecule has 0 radical (unpaired) electrons. The summed E-state index contributed by atoms with van der Waals surface area (Å²) in [5.41, 5.74) is 6.45. The molecule has 2 aliphatic rings. The third-order valence-electron chi connectivity index (χ3n) is 5.63. The van der Waals surface area contributed by atoms with E-state index in [-0.39, 0.29) is 6.04 Å². The molecule has 0 aromatic heterocycles. The van der Waals surface area contributed by atoms with Crippen molar-refractivity contribution in [3.05, 3.63) is 0 Å². The minimum absolute atomic E-state index is 0.257. The number of piperidine rings is 1. The molecule has 5 heteroatoms. The van der Waals surface area contributed by atoms with Crippen LogP contribution in [0.25, 0.3) is 0 Å². The Balaban J connectivity index is 1.81. The maximum Gasteiger partial charge on any atom is 0.211 e. The first-order valence-electron chi connectivity index (χ1n) is 8.60. The first-order valence-corrected chi connectivity index (χ1v) is 10.5. The Morgan fingerprint density at radius 1 is 1.14 bits per heavy atom. The van der Waals surface area contributed by atoms with Gasteiger partial charge in [0.2, 0.25) is 10.0 Å². The molecule has 0 spiro atoms. The molecular weight excluding hydrogens is 284 g/mol. The van der Waals surface area contributed by atoms with Crippen molar-refractivity contribution in [1.29, 1.82) is 0 Å². The quantitative estimate of drug-likeness (QED) is 0.848. The first-order chi connectivity index (χ1) is 9.90. The molecule has 2 rings (SSSR count). The molecule has 21 heavy (non-hydrogen) atoms. The molecule has 2 atom stereocenters. The van der Waals surface area contributed by atoms with Crippen LogP contribution in [0.2, 0.25) is 0 Å². The number of hydrogen-bond donors (Lipinski definition) is 1. The van der Waals surface area contributed by atoms with Gasteiger partial charge in [-0.2, -0.15) is 0 Å². The predicted molar refractivity (Wildman–Crippen MR) is 87.5 cm³/mol. The van der Waals surface area contributed by atoms with Crippen LogP contribution in [0.5, 0.6) is 0 Å². The second-order valence-electron chi connectivity index (χ2n) is 7.22. The predicted octanol–water partition coefficient (Wildman–Crippen LogP) is 2.59. The monoisotopic (exact) mass is 316 g/mol. The summed E-state index contributed by atoms with van der Waals surface area (Å²) >= 11 is 0. The molecule has 124 valence electrons. The number of sulfonamides is 1. The van der Waals surface area contributed by atoms with Crippen LogP contribution in [0.3, 0.4) is 0 Å². The van der Waals surface area contributed by atoms with E-state index in [4.69, 9.17) is 5.73 Å². The fraction of sp³-hybridized carbons (Fsp3) is 1.00. The third kappa shape index (κ3) is 4.93. The molecular formula is C16H32N2O2S. The molecule has 1 aliphatic carbocycles. The van der Waals surface area contributed by atoms with Crippen molar-refractivity contribution in [1.82, 2.24) is 4.31 Å². The van der Waals surface area contributed by atoms with Crippen LogP contribution in [0, 0.1) is 17.8 Å². The minimum atomic E-state index is -3.04. The Hall–Kier alpha value is -0.130. The topological polar surface area (TPSA) is 63.4 Å². The summed E-state index contributed by atoms with van der Waals surface area (Å²) in [6.07, 6.45) is 10.9. The van der Waals surface area contributed by atoms with Crippen molar-refractivity contribution >= 4 is 10.0 Å². The third-order valence-corrected chi connectivity index (χ3v) is 6.90. The fourth-order valence-electron chi connectivity index (χ4n) is 4.12. The highest BCUT2D eigenvalue weighted by molar-refractivity contribution is 7.88. The van der Waals surface area contributed by atoms with Crippen molar-refractivity contribution in [2.45, 2.75) is 64.3 Å². The van der Waals surface area contributed by atoms with Crippen molar-refractivity contribution in [3.63, 3.8) is 0 Å². The van der Waals surface area contributed by atoms with Gasteiger partial charge >= 0.3 is 0 Å². The molecule has 1 saturated carbocycles. The Morgan fingerprint density at radius 3 is 2.38 bits per heavy atom. The summed E-state index contributed by atoms with van der Waals surface area (Å²) < 4.78 is 25.0. The van der Waals surface area contributed by atoms with Gasteiger partial charge in [0.25, 0.3) is 0 Å². The highest BCUT2D eigenvalue weighted by atomic mass is 32.2. The van der Waals surface area contributed by atoms with Crippen LogP contribution in [-0.2, 0) is 10.0 Å². The van der Waals surface area contributed by atoms with Gasteiger partial charge in [-0.1, -0.05) is 26.2 Å². The molecule has 4 nitrogen and oxygen atoms in total. The lowest BCUT2D eigenvalue weighted by molar-refractivity contribution is 0.192. The second-order valence-corrected chi connectivity index (χ2v) is 9.20. The minimum Gasteiger partial charge on any atom is -0.327 e. The lowest BCUT2D eigenvalue weighted by Crippen LogP contribution is -2.42.